The highest BCUT2D eigenvalue weighted by Gasteiger charge is 1.95. The first-order valence-electron chi connectivity index (χ1n) is 13.0. The lowest BCUT2D eigenvalue weighted by Gasteiger charge is -2.05. The number of unbranched alkanes of at least 4 members (excludes halogenated alkanes) is 20. The fourth-order valence-corrected chi connectivity index (χ4v) is 3.84. The molecule has 27 heavy (non-hydrogen) atoms. The molecule has 0 heterocycles. The van der Waals surface area contributed by atoms with Crippen molar-refractivity contribution in [3.8, 4) is 0 Å². The molecule has 0 radical (unpaired) electrons. The number of rotatable bonds is 24. The summed E-state index contributed by atoms with van der Waals surface area (Å²) in [5.74, 6) is 0. The first kappa shape index (κ1) is 27.0. The zero-order chi connectivity index (χ0) is 19.7. The number of hydrogen-bond donors (Lipinski definition) is 0. The van der Waals surface area contributed by atoms with Crippen LogP contribution in [0.25, 0.3) is 0 Å². The quantitative estimate of drug-likeness (QED) is 0.151. The third kappa shape index (κ3) is 26.0. The zero-order valence-electron chi connectivity index (χ0n) is 19.4. The molecular weight excluding hydrogens is 328 g/mol. The van der Waals surface area contributed by atoms with Crippen molar-refractivity contribution in [2.24, 2.45) is 0 Å². The molecule has 0 rings (SSSR count). The summed E-state index contributed by atoms with van der Waals surface area (Å²) < 4.78 is 5.79. The molecule has 1 heteroatoms. The molecule has 0 N–H and O–H groups in total. The Bertz CT molecular complexity index is 214. The molecule has 0 atom stereocenters. The van der Waals surface area contributed by atoms with E-state index in [1.165, 1.54) is 141 Å². The lowest BCUT2D eigenvalue weighted by atomic mass is 10.0. The summed E-state index contributed by atoms with van der Waals surface area (Å²) in [7, 11) is 0. The minimum Gasteiger partial charge on any atom is -0.381 e. The van der Waals surface area contributed by atoms with Gasteiger partial charge in [0.05, 0.1) is 0 Å². The molecule has 0 aliphatic heterocycles. The average molecular weight is 383 g/mol. The van der Waals surface area contributed by atoms with Crippen LogP contribution in [-0.2, 0) is 4.74 Å². The van der Waals surface area contributed by atoms with Crippen molar-refractivity contribution in [1.82, 2.24) is 0 Å². The van der Waals surface area contributed by atoms with Gasteiger partial charge in [0.25, 0.3) is 0 Å². The second kappa shape index (κ2) is 26.0. The second-order valence-electron chi connectivity index (χ2n) is 8.68. The maximum atomic E-state index is 5.79. The average Bonchev–Trinajstić information content (AvgIpc) is 2.68. The van der Waals surface area contributed by atoms with Crippen molar-refractivity contribution in [3.05, 3.63) is 0 Å². The summed E-state index contributed by atoms with van der Waals surface area (Å²) >= 11 is 0. The molecule has 0 aliphatic carbocycles. The summed E-state index contributed by atoms with van der Waals surface area (Å²) in [6.07, 6.45) is 31.1. The van der Waals surface area contributed by atoms with Crippen LogP contribution in [-0.4, -0.2) is 13.2 Å². The highest BCUT2D eigenvalue weighted by Crippen LogP contribution is 2.13. The molecule has 0 saturated carbocycles. The van der Waals surface area contributed by atoms with Gasteiger partial charge >= 0.3 is 0 Å². The lowest BCUT2D eigenvalue weighted by molar-refractivity contribution is 0.125. The van der Waals surface area contributed by atoms with E-state index < -0.39 is 0 Å². The predicted molar refractivity (Wildman–Crippen MR) is 124 cm³/mol. The molecule has 1 nitrogen and oxygen atoms in total. The van der Waals surface area contributed by atoms with E-state index in [2.05, 4.69) is 13.8 Å². The number of hydrogen-bond acceptors (Lipinski definition) is 1. The van der Waals surface area contributed by atoms with Crippen LogP contribution in [0.2, 0.25) is 0 Å². The van der Waals surface area contributed by atoms with E-state index in [0.29, 0.717) is 0 Å². The molecule has 0 aliphatic rings. The van der Waals surface area contributed by atoms with E-state index >= 15 is 0 Å². The molecule has 0 spiro atoms. The molecule has 0 aromatic rings. The summed E-state index contributed by atoms with van der Waals surface area (Å²) in [6.45, 7) is 6.57. The smallest absolute Gasteiger partial charge is 0.0466 e. The van der Waals surface area contributed by atoms with E-state index in [0.717, 1.165) is 13.2 Å². The summed E-state index contributed by atoms with van der Waals surface area (Å²) in [5.41, 5.74) is 0. The van der Waals surface area contributed by atoms with Crippen LogP contribution >= 0.6 is 0 Å². The van der Waals surface area contributed by atoms with Gasteiger partial charge in [-0.3, -0.25) is 0 Å². The van der Waals surface area contributed by atoms with Crippen molar-refractivity contribution in [1.29, 1.82) is 0 Å². The van der Waals surface area contributed by atoms with Crippen LogP contribution in [0.5, 0.6) is 0 Å². The number of ether oxygens (including phenoxy) is 1. The van der Waals surface area contributed by atoms with Crippen molar-refractivity contribution >= 4 is 0 Å². The molecule has 0 aromatic carbocycles. The normalized spacial score (nSPS) is 11.3. The van der Waals surface area contributed by atoms with E-state index in [4.69, 9.17) is 4.74 Å². The van der Waals surface area contributed by atoms with E-state index in [9.17, 15) is 0 Å². The van der Waals surface area contributed by atoms with E-state index in [1.54, 1.807) is 0 Å². The van der Waals surface area contributed by atoms with Crippen molar-refractivity contribution in [3.63, 3.8) is 0 Å². The van der Waals surface area contributed by atoms with Gasteiger partial charge in [-0.15, -0.1) is 0 Å². The van der Waals surface area contributed by atoms with Crippen molar-refractivity contribution < 1.29 is 4.74 Å². The van der Waals surface area contributed by atoms with Gasteiger partial charge in [-0.2, -0.15) is 0 Å². The molecular formula is C26H54O. The SMILES string of the molecule is CCCCCCCCCCCCCCCOCCCCCCCCCCC. The first-order valence-corrected chi connectivity index (χ1v) is 13.0. The Morgan fingerprint density at radius 3 is 0.778 bits per heavy atom. The minimum absolute atomic E-state index is 0.994. The third-order valence-electron chi connectivity index (χ3n) is 5.78. The van der Waals surface area contributed by atoms with Crippen LogP contribution < -0.4 is 0 Å². The molecule has 0 fully saturated rings. The Balaban J connectivity index is 2.95. The largest absolute Gasteiger partial charge is 0.381 e. The minimum atomic E-state index is 0.994. The van der Waals surface area contributed by atoms with Gasteiger partial charge in [-0.25, -0.2) is 0 Å². The van der Waals surface area contributed by atoms with Crippen LogP contribution in [0.1, 0.15) is 155 Å². The lowest BCUT2D eigenvalue weighted by Crippen LogP contribution is -1.97. The third-order valence-corrected chi connectivity index (χ3v) is 5.78. The molecule has 0 aromatic heterocycles. The van der Waals surface area contributed by atoms with E-state index in [-0.39, 0.29) is 0 Å². The Kier molecular flexibility index (Phi) is 25.9. The summed E-state index contributed by atoms with van der Waals surface area (Å²) in [4.78, 5) is 0. The summed E-state index contributed by atoms with van der Waals surface area (Å²) in [6, 6.07) is 0. The van der Waals surface area contributed by atoms with Gasteiger partial charge in [0.15, 0.2) is 0 Å². The molecule has 0 saturated heterocycles. The Morgan fingerprint density at radius 1 is 0.296 bits per heavy atom. The van der Waals surface area contributed by atoms with Crippen LogP contribution in [0.4, 0.5) is 0 Å². The topological polar surface area (TPSA) is 9.23 Å². The second-order valence-corrected chi connectivity index (χ2v) is 8.68. The van der Waals surface area contributed by atoms with Crippen molar-refractivity contribution in [2.45, 2.75) is 155 Å². The van der Waals surface area contributed by atoms with Crippen molar-refractivity contribution in [2.75, 3.05) is 13.2 Å². The fraction of sp³-hybridized carbons (Fsp3) is 1.00. The maximum absolute atomic E-state index is 5.79. The zero-order valence-corrected chi connectivity index (χ0v) is 19.4. The highest BCUT2D eigenvalue weighted by atomic mass is 16.5. The van der Waals surface area contributed by atoms with Gasteiger partial charge < -0.3 is 4.74 Å². The van der Waals surface area contributed by atoms with Crippen LogP contribution in [0.3, 0.4) is 0 Å². The highest BCUT2D eigenvalue weighted by molar-refractivity contribution is 4.50. The molecule has 0 bridgehead atoms. The molecule has 164 valence electrons. The van der Waals surface area contributed by atoms with Crippen LogP contribution in [0, 0.1) is 0 Å². The first-order chi connectivity index (χ1) is 13.4. The monoisotopic (exact) mass is 382 g/mol. The van der Waals surface area contributed by atoms with Gasteiger partial charge in [0.1, 0.15) is 0 Å². The Hall–Kier alpha value is -0.0400. The van der Waals surface area contributed by atoms with Gasteiger partial charge in [0, 0.05) is 13.2 Å². The van der Waals surface area contributed by atoms with Gasteiger partial charge in [-0.05, 0) is 12.8 Å². The predicted octanol–water partition coefficient (Wildman–Crippen LogP) is 9.62. The fourth-order valence-electron chi connectivity index (χ4n) is 3.84. The standard InChI is InChI=1S/C26H54O/c1-3-5-7-9-11-13-14-15-16-18-20-22-24-26-27-25-23-21-19-17-12-10-8-6-4-2/h3-26H2,1-2H3. The maximum Gasteiger partial charge on any atom is 0.0466 e. The Labute approximate surface area is 173 Å². The van der Waals surface area contributed by atoms with Gasteiger partial charge in [0.2, 0.25) is 0 Å². The molecule has 0 unspecified atom stereocenters. The van der Waals surface area contributed by atoms with Crippen LogP contribution in [0.15, 0.2) is 0 Å². The Morgan fingerprint density at radius 2 is 0.519 bits per heavy atom. The van der Waals surface area contributed by atoms with Gasteiger partial charge in [-0.1, -0.05) is 142 Å². The summed E-state index contributed by atoms with van der Waals surface area (Å²) in [5, 5.41) is 0. The molecule has 0 amide bonds. The van der Waals surface area contributed by atoms with E-state index in [1.807, 2.05) is 0 Å².